The molecule has 90 valence electrons. The first-order chi connectivity index (χ1) is 7.77. The van der Waals surface area contributed by atoms with Crippen molar-refractivity contribution in [1.82, 2.24) is 5.32 Å². The van der Waals surface area contributed by atoms with E-state index >= 15 is 0 Å². The molecule has 1 rings (SSSR count). The van der Waals surface area contributed by atoms with Gasteiger partial charge in [0.2, 0.25) is 0 Å². The Hall–Kier alpha value is -0.470. The molecule has 0 amide bonds. The van der Waals surface area contributed by atoms with E-state index in [0.29, 0.717) is 5.92 Å². The molecule has 0 aliphatic heterocycles. The molecule has 0 heterocycles. The number of aryl methyl sites for hydroxylation is 1. The van der Waals surface area contributed by atoms with E-state index in [0.717, 1.165) is 6.54 Å². The topological polar surface area (TPSA) is 12.0 Å². The van der Waals surface area contributed by atoms with Crippen molar-refractivity contribution < 1.29 is 0 Å². The Morgan fingerprint density at radius 2 is 1.94 bits per heavy atom. The van der Waals surface area contributed by atoms with Gasteiger partial charge in [-0.1, -0.05) is 36.8 Å². The molecule has 1 unspecified atom stereocenters. The number of hydrogen-bond acceptors (Lipinski definition) is 2. The molecule has 0 bridgehead atoms. The average molecular weight is 237 g/mol. The zero-order chi connectivity index (χ0) is 11.8. The van der Waals surface area contributed by atoms with Crippen molar-refractivity contribution in [2.45, 2.75) is 26.2 Å². The van der Waals surface area contributed by atoms with Crippen LogP contribution in [0.4, 0.5) is 0 Å². The van der Waals surface area contributed by atoms with Crippen molar-refractivity contribution in [2.24, 2.45) is 0 Å². The van der Waals surface area contributed by atoms with Crippen LogP contribution in [-0.2, 0) is 0 Å². The molecular formula is C14H23NS. The lowest BCUT2D eigenvalue weighted by Gasteiger charge is -2.17. The van der Waals surface area contributed by atoms with E-state index in [1.54, 1.807) is 0 Å². The van der Waals surface area contributed by atoms with E-state index in [2.05, 4.69) is 43.4 Å². The molecule has 2 heteroatoms. The minimum absolute atomic E-state index is 0.657. The predicted molar refractivity (Wildman–Crippen MR) is 75.5 cm³/mol. The van der Waals surface area contributed by atoms with Gasteiger partial charge in [-0.05, 0) is 43.4 Å². The molecule has 0 aliphatic rings. The molecule has 16 heavy (non-hydrogen) atoms. The molecule has 0 aromatic heterocycles. The summed E-state index contributed by atoms with van der Waals surface area (Å²) in [4.78, 5) is 0. The Kier molecular flexibility index (Phi) is 6.58. The summed E-state index contributed by atoms with van der Waals surface area (Å²) in [5.41, 5.74) is 2.81. The zero-order valence-corrected chi connectivity index (χ0v) is 11.4. The van der Waals surface area contributed by atoms with Crippen LogP contribution < -0.4 is 5.32 Å². The average Bonchev–Trinajstić information content (AvgIpc) is 2.29. The Balaban J connectivity index is 2.57. The van der Waals surface area contributed by atoms with Crippen LogP contribution in [0.3, 0.4) is 0 Å². The number of thioether (sulfide) groups is 1. The number of nitrogens with one attached hydrogen (secondary N) is 1. The summed E-state index contributed by atoms with van der Waals surface area (Å²) < 4.78 is 0. The second kappa shape index (κ2) is 7.75. The van der Waals surface area contributed by atoms with Gasteiger partial charge in [-0.3, -0.25) is 0 Å². The van der Waals surface area contributed by atoms with Crippen LogP contribution in [0.25, 0.3) is 0 Å². The summed E-state index contributed by atoms with van der Waals surface area (Å²) in [6.07, 6.45) is 1.27. The summed E-state index contributed by atoms with van der Waals surface area (Å²) >= 11 is 2.03. The van der Waals surface area contributed by atoms with Gasteiger partial charge in [0.1, 0.15) is 0 Å². The highest BCUT2D eigenvalue weighted by Crippen LogP contribution is 2.21. The van der Waals surface area contributed by atoms with Gasteiger partial charge in [0, 0.05) is 6.54 Å². The summed E-state index contributed by atoms with van der Waals surface area (Å²) in [6.45, 7) is 5.45. The minimum atomic E-state index is 0.657. The number of likely N-dealkylation sites (N-methyl/N-ethyl adjacent to an activating group) is 1. The van der Waals surface area contributed by atoms with Gasteiger partial charge in [0.05, 0.1) is 0 Å². The van der Waals surface area contributed by atoms with E-state index in [4.69, 9.17) is 0 Å². The smallest absolute Gasteiger partial charge is 0.00174 e. The molecule has 0 saturated heterocycles. The lowest BCUT2D eigenvalue weighted by atomic mass is 9.95. The van der Waals surface area contributed by atoms with Gasteiger partial charge >= 0.3 is 0 Å². The van der Waals surface area contributed by atoms with Crippen LogP contribution in [0.2, 0.25) is 0 Å². The molecule has 1 atom stereocenters. The molecule has 0 radical (unpaired) electrons. The van der Waals surface area contributed by atoms with E-state index < -0.39 is 0 Å². The highest BCUT2D eigenvalue weighted by molar-refractivity contribution is 7.99. The Bertz CT molecular complexity index is 281. The molecule has 0 spiro atoms. The standard InChI is InChI=1S/C14H23NS/c1-4-16-10-9-14(11-15-3)13-7-5-12(2)6-8-13/h5-8,14-15H,4,9-11H2,1-3H3. The molecule has 1 N–H and O–H groups in total. The van der Waals surface area contributed by atoms with Crippen LogP contribution >= 0.6 is 11.8 Å². The maximum atomic E-state index is 3.30. The minimum Gasteiger partial charge on any atom is -0.319 e. The van der Waals surface area contributed by atoms with Crippen molar-refractivity contribution in [3.8, 4) is 0 Å². The Morgan fingerprint density at radius 3 is 2.50 bits per heavy atom. The maximum absolute atomic E-state index is 3.30. The van der Waals surface area contributed by atoms with E-state index in [-0.39, 0.29) is 0 Å². The summed E-state index contributed by atoms with van der Waals surface area (Å²) in [7, 11) is 2.04. The number of rotatable bonds is 7. The zero-order valence-electron chi connectivity index (χ0n) is 10.6. The quantitative estimate of drug-likeness (QED) is 0.729. The highest BCUT2D eigenvalue weighted by atomic mass is 32.2. The maximum Gasteiger partial charge on any atom is 0.00174 e. The molecule has 0 aliphatic carbocycles. The summed E-state index contributed by atoms with van der Waals surface area (Å²) in [5.74, 6) is 3.14. The number of hydrogen-bond donors (Lipinski definition) is 1. The molecule has 1 nitrogen and oxygen atoms in total. The Morgan fingerprint density at radius 1 is 1.25 bits per heavy atom. The fourth-order valence-corrected chi connectivity index (χ4v) is 2.58. The molecule has 0 fully saturated rings. The van der Waals surface area contributed by atoms with Gasteiger partial charge in [0.15, 0.2) is 0 Å². The first-order valence-electron chi connectivity index (χ1n) is 6.06. The second-order valence-electron chi connectivity index (χ2n) is 4.15. The molecule has 0 saturated carbocycles. The molecule has 1 aromatic carbocycles. The normalized spacial score (nSPS) is 12.7. The van der Waals surface area contributed by atoms with Crippen molar-refractivity contribution in [2.75, 3.05) is 25.1 Å². The fourth-order valence-electron chi connectivity index (χ4n) is 1.84. The summed E-state index contributed by atoms with van der Waals surface area (Å²) in [5, 5.41) is 3.30. The van der Waals surface area contributed by atoms with Gasteiger partial charge in [0.25, 0.3) is 0 Å². The van der Waals surface area contributed by atoms with E-state index in [9.17, 15) is 0 Å². The third-order valence-electron chi connectivity index (χ3n) is 2.81. The van der Waals surface area contributed by atoms with Gasteiger partial charge < -0.3 is 5.32 Å². The van der Waals surface area contributed by atoms with Crippen LogP contribution in [0, 0.1) is 6.92 Å². The SMILES string of the molecule is CCSCCC(CNC)c1ccc(C)cc1. The van der Waals surface area contributed by atoms with Crippen LogP contribution in [-0.4, -0.2) is 25.1 Å². The Labute approximate surface area is 104 Å². The molecule has 1 aromatic rings. The van der Waals surface area contributed by atoms with Crippen LogP contribution in [0.1, 0.15) is 30.4 Å². The van der Waals surface area contributed by atoms with Crippen molar-refractivity contribution in [3.05, 3.63) is 35.4 Å². The fraction of sp³-hybridized carbons (Fsp3) is 0.571. The van der Waals surface area contributed by atoms with Crippen molar-refractivity contribution >= 4 is 11.8 Å². The lowest BCUT2D eigenvalue weighted by Crippen LogP contribution is -2.18. The molecular weight excluding hydrogens is 214 g/mol. The van der Waals surface area contributed by atoms with E-state index in [1.807, 2.05) is 18.8 Å². The summed E-state index contributed by atoms with van der Waals surface area (Å²) in [6, 6.07) is 8.97. The van der Waals surface area contributed by atoms with Crippen LogP contribution in [0.5, 0.6) is 0 Å². The second-order valence-corrected chi connectivity index (χ2v) is 5.54. The van der Waals surface area contributed by atoms with Gasteiger partial charge in [-0.25, -0.2) is 0 Å². The van der Waals surface area contributed by atoms with Crippen molar-refractivity contribution in [3.63, 3.8) is 0 Å². The van der Waals surface area contributed by atoms with Gasteiger partial charge in [-0.15, -0.1) is 0 Å². The largest absolute Gasteiger partial charge is 0.319 e. The monoisotopic (exact) mass is 237 g/mol. The van der Waals surface area contributed by atoms with Gasteiger partial charge in [-0.2, -0.15) is 11.8 Å². The third kappa shape index (κ3) is 4.58. The van der Waals surface area contributed by atoms with Crippen LogP contribution in [0.15, 0.2) is 24.3 Å². The lowest BCUT2D eigenvalue weighted by molar-refractivity contribution is 0.616. The predicted octanol–water partition coefficient (Wildman–Crippen LogP) is 3.44. The number of benzene rings is 1. The highest BCUT2D eigenvalue weighted by Gasteiger charge is 2.09. The first kappa shape index (κ1) is 13.6. The third-order valence-corrected chi connectivity index (χ3v) is 3.75. The van der Waals surface area contributed by atoms with Crippen molar-refractivity contribution in [1.29, 1.82) is 0 Å². The first-order valence-corrected chi connectivity index (χ1v) is 7.22. The van der Waals surface area contributed by atoms with E-state index in [1.165, 1.54) is 29.1 Å².